The molecule has 38 heavy (non-hydrogen) atoms. The molecule has 2 heterocycles. The second-order valence-electron chi connectivity index (χ2n) is 9.92. The quantitative estimate of drug-likeness (QED) is 0.419. The van der Waals surface area contributed by atoms with Gasteiger partial charge in [-0.2, -0.15) is 0 Å². The molecule has 2 aliphatic rings. The number of carbonyl (C=O) groups is 2. The van der Waals surface area contributed by atoms with Crippen LogP contribution in [0.4, 0.5) is 5.69 Å². The Balaban J connectivity index is 1.36. The van der Waals surface area contributed by atoms with E-state index >= 15 is 0 Å². The zero-order valence-electron chi connectivity index (χ0n) is 21.6. The van der Waals surface area contributed by atoms with Crippen molar-refractivity contribution in [2.75, 3.05) is 51.3 Å². The SMILES string of the molecule is COc1ccc([C@@H]2CN(C(=O)c3ccc(Cl)cc3Cl)C[C@H]2C(=O)N2CCN(c3ccccc3C)CC2)cc1. The molecule has 0 unspecified atom stereocenters. The van der Waals surface area contributed by atoms with Gasteiger partial charge in [-0.25, -0.2) is 0 Å². The molecule has 3 aromatic carbocycles. The predicted molar refractivity (Wildman–Crippen MR) is 152 cm³/mol. The van der Waals surface area contributed by atoms with Gasteiger partial charge in [-0.15, -0.1) is 0 Å². The number of nitrogens with zero attached hydrogens (tertiary/aromatic N) is 3. The van der Waals surface area contributed by atoms with E-state index in [1.165, 1.54) is 11.3 Å². The molecule has 2 aliphatic heterocycles. The van der Waals surface area contributed by atoms with Gasteiger partial charge in [0.05, 0.1) is 23.6 Å². The average molecular weight is 553 g/mol. The Morgan fingerprint density at radius 2 is 1.58 bits per heavy atom. The highest BCUT2D eigenvalue weighted by Crippen LogP contribution is 2.37. The van der Waals surface area contributed by atoms with Crippen molar-refractivity contribution in [3.8, 4) is 5.75 Å². The molecule has 2 fully saturated rings. The van der Waals surface area contributed by atoms with Crippen LogP contribution >= 0.6 is 23.2 Å². The number of anilines is 1. The van der Waals surface area contributed by atoms with E-state index in [2.05, 4.69) is 30.0 Å². The number of halogens is 2. The second kappa shape index (κ2) is 11.3. The van der Waals surface area contributed by atoms with Crippen molar-refractivity contribution in [1.82, 2.24) is 9.80 Å². The molecule has 6 nitrogen and oxygen atoms in total. The predicted octanol–water partition coefficient (Wildman–Crippen LogP) is 5.52. The lowest BCUT2D eigenvalue weighted by Gasteiger charge is -2.38. The number of aryl methyl sites for hydroxylation is 1. The fourth-order valence-corrected chi connectivity index (χ4v) is 6.05. The van der Waals surface area contributed by atoms with Gasteiger partial charge in [0.2, 0.25) is 5.91 Å². The Kier molecular flexibility index (Phi) is 7.82. The molecule has 2 amide bonds. The van der Waals surface area contributed by atoms with E-state index in [4.69, 9.17) is 27.9 Å². The third kappa shape index (κ3) is 5.33. The number of ether oxygens (including phenoxy) is 1. The Labute approximate surface area is 233 Å². The zero-order valence-corrected chi connectivity index (χ0v) is 23.1. The zero-order chi connectivity index (χ0) is 26.8. The van der Waals surface area contributed by atoms with Gasteiger partial charge in [0.1, 0.15) is 5.75 Å². The summed E-state index contributed by atoms with van der Waals surface area (Å²) < 4.78 is 5.33. The molecule has 8 heteroatoms. The molecule has 0 spiro atoms. The third-order valence-corrected chi connectivity index (χ3v) is 8.23. The molecule has 0 radical (unpaired) electrons. The molecule has 0 saturated carbocycles. The van der Waals surface area contributed by atoms with Gasteiger partial charge in [-0.05, 0) is 54.4 Å². The highest BCUT2D eigenvalue weighted by molar-refractivity contribution is 6.36. The minimum absolute atomic E-state index is 0.0905. The maximum Gasteiger partial charge on any atom is 0.255 e. The number of hydrogen-bond donors (Lipinski definition) is 0. The van der Waals surface area contributed by atoms with Crippen LogP contribution in [0.3, 0.4) is 0 Å². The number of likely N-dealkylation sites (tertiary alicyclic amines) is 1. The first kappa shape index (κ1) is 26.4. The van der Waals surface area contributed by atoms with Crippen molar-refractivity contribution in [1.29, 1.82) is 0 Å². The second-order valence-corrected chi connectivity index (χ2v) is 10.8. The van der Waals surface area contributed by atoms with E-state index < -0.39 is 0 Å². The lowest BCUT2D eigenvalue weighted by molar-refractivity contribution is -0.135. The maximum absolute atomic E-state index is 13.9. The first-order chi connectivity index (χ1) is 18.4. The molecule has 5 rings (SSSR count). The van der Waals surface area contributed by atoms with Crippen molar-refractivity contribution in [2.24, 2.45) is 5.92 Å². The van der Waals surface area contributed by atoms with E-state index in [-0.39, 0.29) is 23.7 Å². The fraction of sp³-hybridized carbons (Fsp3) is 0.333. The summed E-state index contributed by atoms with van der Waals surface area (Å²) in [5.74, 6) is 0.182. The number of piperazine rings is 1. The fourth-order valence-electron chi connectivity index (χ4n) is 5.56. The number of para-hydroxylation sites is 1. The molecular formula is C30H31Cl2N3O3. The molecule has 3 aromatic rings. The summed E-state index contributed by atoms with van der Waals surface area (Å²) >= 11 is 12.4. The van der Waals surface area contributed by atoms with Crippen LogP contribution in [0.5, 0.6) is 5.75 Å². The summed E-state index contributed by atoms with van der Waals surface area (Å²) in [7, 11) is 1.63. The van der Waals surface area contributed by atoms with Gasteiger partial charge in [0.15, 0.2) is 0 Å². The first-order valence-corrected chi connectivity index (χ1v) is 13.6. The number of rotatable bonds is 5. The van der Waals surface area contributed by atoms with E-state index in [1.54, 1.807) is 30.2 Å². The summed E-state index contributed by atoms with van der Waals surface area (Å²) in [6.45, 7) is 5.74. The highest BCUT2D eigenvalue weighted by atomic mass is 35.5. The van der Waals surface area contributed by atoms with Crippen LogP contribution in [0, 0.1) is 12.8 Å². The lowest BCUT2D eigenvalue weighted by Crippen LogP contribution is -2.51. The number of methoxy groups -OCH3 is 1. The van der Waals surface area contributed by atoms with Gasteiger partial charge < -0.3 is 19.4 Å². The molecule has 0 aromatic heterocycles. The van der Waals surface area contributed by atoms with Gasteiger partial charge in [0, 0.05) is 55.9 Å². The molecule has 2 atom stereocenters. The van der Waals surface area contributed by atoms with E-state index in [9.17, 15) is 9.59 Å². The van der Waals surface area contributed by atoms with Crippen LogP contribution in [-0.4, -0.2) is 68.0 Å². The lowest BCUT2D eigenvalue weighted by atomic mass is 9.87. The number of hydrogen-bond acceptors (Lipinski definition) is 4. The summed E-state index contributed by atoms with van der Waals surface area (Å²) in [6.07, 6.45) is 0. The summed E-state index contributed by atoms with van der Waals surface area (Å²) in [4.78, 5) is 33.5. The third-order valence-electron chi connectivity index (χ3n) is 7.68. The van der Waals surface area contributed by atoms with Gasteiger partial charge in [0.25, 0.3) is 5.91 Å². The Morgan fingerprint density at radius 3 is 2.24 bits per heavy atom. The summed E-state index contributed by atoms with van der Waals surface area (Å²) in [5, 5.41) is 0.785. The van der Waals surface area contributed by atoms with Crippen LogP contribution in [0.2, 0.25) is 10.0 Å². The van der Waals surface area contributed by atoms with E-state index in [1.807, 2.05) is 35.2 Å². The van der Waals surface area contributed by atoms with Crippen LogP contribution in [0.1, 0.15) is 27.4 Å². The maximum atomic E-state index is 13.9. The standard InChI is InChI=1S/C30H31Cl2N3O3/c1-20-5-3-4-6-28(20)33-13-15-34(16-14-33)30(37)26-19-35(29(36)24-12-9-22(31)17-27(24)32)18-25(26)21-7-10-23(38-2)11-8-21/h3-12,17,25-26H,13-16,18-19H2,1-2H3/t25-,26+/m0/s1. The van der Waals surface area contributed by atoms with E-state index in [0.29, 0.717) is 41.8 Å². The first-order valence-electron chi connectivity index (χ1n) is 12.8. The van der Waals surface area contributed by atoms with Crippen LogP contribution < -0.4 is 9.64 Å². The van der Waals surface area contributed by atoms with Gasteiger partial charge in [-0.1, -0.05) is 53.5 Å². The molecule has 2 saturated heterocycles. The van der Waals surface area contributed by atoms with Crippen LogP contribution in [0.15, 0.2) is 66.7 Å². The largest absolute Gasteiger partial charge is 0.497 e. The van der Waals surface area contributed by atoms with E-state index in [0.717, 1.165) is 24.4 Å². The highest BCUT2D eigenvalue weighted by Gasteiger charge is 2.43. The van der Waals surface area contributed by atoms with Crippen molar-refractivity contribution in [3.05, 3.63) is 93.5 Å². The van der Waals surface area contributed by atoms with Crippen molar-refractivity contribution >= 4 is 40.7 Å². The summed E-state index contributed by atoms with van der Waals surface area (Å²) in [5.41, 5.74) is 3.86. The Morgan fingerprint density at radius 1 is 0.868 bits per heavy atom. The topological polar surface area (TPSA) is 53.1 Å². The average Bonchev–Trinajstić information content (AvgIpc) is 3.38. The Hall–Kier alpha value is -3.22. The molecule has 0 aliphatic carbocycles. The summed E-state index contributed by atoms with van der Waals surface area (Å²) in [6, 6.07) is 21.0. The van der Waals surface area contributed by atoms with Crippen LogP contribution in [-0.2, 0) is 4.79 Å². The van der Waals surface area contributed by atoms with Crippen molar-refractivity contribution in [3.63, 3.8) is 0 Å². The Bertz CT molecular complexity index is 1320. The minimum atomic E-state index is -0.344. The number of amides is 2. The molecule has 0 N–H and O–H groups in total. The van der Waals surface area contributed by atoms with Gasteiger partial charge >= 0.3 is 0 Å². The monoisotopic (exact) mass is 551 g/mol. The molecule has 0 bridgehead atoms. The van der Waals surface area contributed by atoms with Crippen LogP contribution in [0.25, 0.3) is 0 Å². The molecule has 198 valence electrons. The molecular weight excluding hydrogens is 521 g/mol. The smallest absolute Gasteiger partial charge is 0.255 e. The number of benzene rings is 3. The van der Waals surface area contributed by atoms with Crippen molar-refractivity contribution in [2.45, 2.75) is 12.8 Å². The number of carbonyl (C=O) groups excluding carboxylic acids is 2. The normalized spacial score (nSPS) is 19.5. The van der Waals surface area contributed by atoms with Crippen molar-refractivity contribution < 1.29 is 14.3 Å². The minimum Gasteiger partial charge on any atom is -0.497 e. The van der Waals surface area contributed by atoms with Gasteiger partial charge in [-0.3, -0.25) is 9.59 Å².